The van der Waals surface area contributed by atoms with E-state index >= 15 is 0 Å². The third-order valence-corrected chi connectivity index (χ3v) is 4.53. The second-order valence-corrected chi connectivity index (χ2v) is 6.88. The van der Waals surface area contributed by atoms with Crippen LogP contribution in [0.5, 0.6) is 11.5 Å². The molecule has 1 aromatic rings. The zero-order valence-corrected chi connectivity index (χ0v) is 17.4. The number of nitrogens with one attached hydrogen (secondary N) is 2. The van der Waals surface area contributed by atoms with E-state index in [0.717, 1.165) is 39.4 Å². The van der Waals surface area contributed by atoms with Crippen molar-refractivity contribution < 1.29 is 23.0 Å². The molecule has 9 heteroatoms. The van der Waals surface area contributed by atoms with Crippen LogP contribution >= 0.6 is 0 Å². The highest BCUT2D eigenvalue weighted by atomic mass is 19.3. The molecule has 0 aromatic heterocycles. The molecule has 164 valence electrons. The van der Waals surface area contributed by atoms with Crippen LogP contribution in [-0.4, -0.2) is 70.5 Å². The van der Waals surface area contributed by atoms with E-state index in [9.17, 15) is 8.78 Å². The monoisotopic (exact) mass is 414 g/mol. The Balaban J connectivity index is 1.88. The van der Waals surface area contributed by atoms with E-state index in [4.69, 9.17) is 14.2 Å². The lowest BCUT2D eigenvalue weighted by molar-refractivity contribution is -0.0520. The average Bonchev–Trinajstić information content (AvgIpc) is 2.70. The number of hydrogen-bond acceptors (Lipinski definition) is 5. The average molecular weight is 414 g/mol. The van der Waals surface area contributed by atoms with Crippen LogP contribution in [-0.2, 0) is 11.3 Å². The smallest absolute Gasteiger partial charge is 0.387 e. The molecule has 0 radical (unpaired) electrons. The first-order chi connectivity index (χ1) is 14.0. The van der Waals surface area contributed by atoms with Crippen molar-refractivity contribution in [2.45, 2.75) is 27.0 Å². The quantitative estimate of drug-likeness (QED) is 0.453. The molecule has 1 aliphatic heterocycles. The van der Waals surface area contributed by atoms with Crippen LogP contribution in [0.3, 0.4) is 0 Å². The molecule has 2 N–H and O–H groups in total. The number of alkyl halides is 2. The fourth-order valence-corrected chi connectivity index (χ4v) is 3.15. The van der Waals surface area contributed by atoms with Crippen molar-refractivity contribution in [3.05, 3.63) is 23.8 Å². The number of aliphatic imine (C=N–C) groups is 1. The molecule has 7 nitrogen and oxygen atoms in total. The summed E-state index contributed by atoms with van der Waals surface area (Å²) in [5.41, 5.74) is 0.570. The molecule has 1 fully saturated rings. The molecule has 1 heterocycles. The number of guanidine groups is 1. The van der Waals surface area contributed by atoms with Crippen molar-refractivity contribution in [1.29, 1.82) is 0 Å². The van der Waals surface area contributed by atoms with Crippen molar-refractivity contribution in [2.24, 2.45) is 10.9 Å². The highest BCUT2D eigenvalue weighted by Gasteiger charge is 2.17. The van der Waals surface area contributed by atoms with Gasteiger partial charge in [0.1, 0.15) is 0 Å². The maximum absolute atomic E-state index is 12.8. The van der Waals surface area contributed by atoms with E-state index in [1.807, 2.05) is 0 Å². The molecule has 1 aromatic carbocycles. The molecule has 1 unspecified atom stereocenters. The zero-order chi connectivity index (χ0) is 21.1. The molecule has 2 rings (SSSR count). The Morgan fingerprint density at radius 1 is 1.28 bits per heavy atom. The Kier molecular flexibility index (Phi) is 9.93. The Morgan fingerprint density at radius 3 is 2.69 bits per heavy atom. The summed E-state index contributed by atoms with van der Waals surface area (Å²) in [6.45, 7) is 6.90. The summed E-state index contributed by atoms with van der Waals surface area (Å²) in [7, 11) is 1.68. The van der Waals surface area contributed by atoms with Gasteiger partial charge in [0.2, 0.25) is 0 Å². The molecule has 0 aliphatic carbocycles. The lowest BCUT2D eigenvalue weighted by Gasteiger charge is -2.29. The SMILES string of the molecule is CCOc1cccc(CNC(=NC)NCC(C)CN2CCOCC2)c1OC(F)F. The van der Waals surface area contributed by atoms with Gasteiger partial charge < -0.3 is 24.8 Å². The number of benzene rings is 1. The highest BCUT2D eigenvalue weighted by Crippen LogP contribution is 2.32. The number of para-hydroxylation sites is 1. The summed E-state index contributed by atoms with van der Waals surface area (Å²) in [5, 5.41) is 6.44. The number of nitrogens with zero attached hydrogens (tertiary/aromatic N) is 2. The minimum absolute atomic E-state index is 0.0491. The summed E-state index contributed by atoms with van der Waals surface area (Å²) in [6.07, 6.45) is 0. The molecule has 1 aliphatic rings. The normalized spacial score (nSPS) is 16.6. The van der Waals surface area contributed by atoms with E-state index < -0.39 is 6.61 Å². The maximum atomic E-state index is 12.8. The molecular weight excluding hydrogens is 382 g/mol. The predicted molar refractivity (Wildman–Crippen MR) is 109 cm³/mol. The number of rotatable bonds is 10. The van der Waals surface area contributed by atoms with Gasteiger partial charge in [-0.25, -0.2) is 0 Å². The van der Waals surface area contributed by atoms with E-state index in [-0.39, 0.29) is 12.3 Å². The van der Waals surface area contributed by atoms with Crippen LogP contribution < -0.4 is 20.1 Å². The summed E-state index contributed by atoms with van der Waals surface area (Å²) >= 11 is 0. The molecule has 1 atom stereocenters. The predicted octanol–water partition coefficient (Wildman–Crippen LogP) is 2.32. The Bertz CT molecular complexity index is 640. The van der Waals surface area contributed by atoms with E-state index in [2.05, 4.69) is 27.4 Å². The third kappa shape index (κ3) is 8.02. The van der Waals surface area contributed by atoms with Gasteiger partial charge in [0.05, 0.1) is 19.8 Å². The second-order valence-electron chi connectivity index (χ2n) is 6.88. The summed E-state index contributed by atoms with van der Waals surface area (Å²) < 4.78 is 41.2. The van der Waals surface area contributed by atoms with Gasteiger partial charge in [0, 0.05) is 45.3 Å². The van der Waals surface area contributed by atoms with Gasteiger partial charge in [-0.15, -0.1) is 0 Å². The first kappa shape index (κ1) is 23.2. The molecule has 29 heavy (non-hydrogen) atoms. The summed E-state index contributed by atoms with van der Waals surface area (Å²) in [6, 6.07) is 5.09. The first-order valence-corrected chi connectivity index (χ1v) is 9.97. The van der Waals surface area contributed by atoms with Crippen LogP contribution in [0.2, 0.25) is 0 Å². The fourth-order valence-electron chi connectivity index (χ4n) is 3.15. The maximum Gasteiger partial charge on any atom is 0.387 e. The summed E-state index contributed by atoms with van der Waals surface area (Å²) in [4.78, 5) is 6.60. The molecule has 0 amide bonds. The van der Waals surface area contributed by atoms with Gasteiger partial charge in [-0.2, -0.15) is 8.78 Å². The molecule has 0 bridgehead atoms. The van der Waals surface area contributed by atoms with Gasteiger partial charge in [0.15, 0.2) is 17.5 Å². The lowest BCUT2D eigenvalue weighted by atomic mass is 10.1. The van der Waals surface area contributed by atoms with Gasteiger partial charge >= 0.3 is 6.61 Å². The summed E-state index contributed by atoms with van der Waals surface area (Å²) in [5.74, 6) is 1.37. The first-order valence-electron chi connectivity index (χ1n) is 9.97. The van der Waals surface area contributed by atoms with Crippen molar-refractivity contribution in [2.75, 3.05) is 53.0 Å². The minimum Gasteiger partial charge on any atom is -0.490 e. The Morgan fingerprint density at radius 2 is 2.03 bits per heavy atom. The van der Waals surface area contributed by atoms with E-state index in [0.29, 0.717) is 29.8 Å². The van der Waals surface area contributed by atoms with Crippen molar-refractivity contribution in [3.8, 4) is 11.5 Å². The largest absolute Gasteiger partial charge is 0.490 e. The number of hydrogen-bond donors (Lipinski definition) is 2. The Hall–Kier alpha value is -2.13. The third-order valence-electron chi connectivity index (χ3n) is 4.53. The molecule has 0 saturated carbocycles. The number of halogens is 2. The second kappa shape index (κ2) is 12.4. The fraction of sp³-hybridized carbons (Fsp3) is 0.650. The lowest BCUT2D eigenvalue weighted by Crippen LogP contribution is -2.43. The van der Waals surface area contributed by atoms with Crippen LogP contribution in [0.15, 0.2) is 23.2 Å². The highest BCUT2D eigenvalue weighted by molar-refractivity contribution is 5.79. The van der Waals surface area contributed by atoms with Gasteiger partial charge in [-0.3, -0.25) is 9.89 Å². The van der Waals surface area contributed by atoms with Crippen molar-refractivity contribution >= 4 is 5.96 Å². The van der Waals surface area contributed by atoms with Crippen molar-refractivity contribution in [1.82, 2.24) is 15.5 Å². The van der Waals surface area contributed by atoms with Gasteiger partial charge in [-0.05, 0) is 18.9 Å². The number of morpholine rings is 1. The molecular formula is C20H32F2N4O3. The van der Waals surface area contributed by atoms with Crippen LogP contribution in [0.1, 0.15) is 19.4 Å². The van der Waals surface area contributed by atoms with Crippen LogP contribution in [0.4, 0.5) is 8.78 Å². The van der Waals surface area contributed by atoms with Crippen molar-refractivity contribution in [3.63, 3.8) is 0 Å². The van der Waals surface area contributed by atoms with E-state index in [1.54, 1.807) is 32.2 Å². The minimum atomic E-state index is -2.92. The molecule has 1 saturated heterocycles. The topological polar surface area (TPSA) is 67.4 Å². The van der Waals surface area contributed by atoms with Gasteiger partial charge in [0.25, 0.3) is 0 Å². The zero-order valence-electron chi connectivity index (χ0n) is 17.4. The standard InChI is InChI=1S/C20H32F2N4O3/c1-4-28-17-7-5-6-16(18(17)29-19(21)22)13-25-20(23-3)24-12-15(2)14-26-8-10-27-11-9-26/h5-7,15,19H,4,8-14H2,1-3H3,(H2,23,24,25). The van der Waals surface area contributed by atoms with Crippen LogP contribution in [0.25, 0.3) is 0 Å². The Labute approximate surface area is 171 Å². The van der Waals surface area contributed by atoms with Gasteiger partial charge in [-0.1, -0.05) is 19.1 Å². The van der Waals surface area contributed by atoms with Crippen LogP contribution in [0, 0.1) is 5.92 Å². The molecule has 0 spiro atoms. The van der Waals surface area contributed by atoms with E-state index in [1.165, 1.54) is 0 Å². The number of ether oxygens (including phenoxy) is 3.